The minimum absolute atomic E-state index is 0.000786. The van der Waals surface area contributed by atoms with Crippen LogP contribution in [0.3, 0.4) is 0 Å². The molecule has 2 fully saturated rings. The first kappa shape index (κ1) is 14.8. The number of hydrogen-bond donors (Lipinski definition) is 1. The van der Waals surface area contributed by atoms with Crippen molar-refractivity contribution in [3.8, 4) is 0 Å². The maximum absolute atomic E-state index is 12.1. The zero-order valence-corrected chi connectivity index (χ0v) is 12.4. The van der Waals surface area contributed by atoms with E-state index >= 15 is 0 Å². The van der Waals surface area contributed by atoms with E-state index in [1.807, 2.05) is 7.05 Å². The Morgan fingerprint density at radius 1 is 1.26 bits per heavy atom. The lowest BCUT2D eigenvalue weighted by atomic mass is 9.79. The Morgan fingerprint density at radius 3 is 2.47 bits per heavy atom. The number of carbonyl (C=O) groups excluding carboxylic acids is 1. The summed E-state index contributed by atoms with van der Waals surface area (Å²) in [6.45, 7) is 2.07. The van der Waals surface area contributed by atoms with E-state index in [0.717, 1.165) is 38.8 Å². The number of rotatable bonds is 4. The molecule has 110 valence electrons. The van der Waals surface area contributed by atoms with E-state index in [1.54, 1.807) is 0 Å². The molecule has 0 amide bonds. The highest BCUT2D eigenvalue weighted by Crippen LogP contribution is 2.31. The van der Waals surface area contributed by atoms with Crippen LogP contribution in [0.5, 0.6) is 0 Å². The van der Waals surface area contributed by atoms with Crippen LogP contribution in [0.1, 0.15) is 51.4 Å². The van der Waals surface area contributed by atoms with Gasteiger partial charge < -0.3 is 15.0 Å². The van der Waals surface area contributed by atoms with Gasteiger partial charge in [-0.25, -0.2) is 0 Å². The molecule has 4 nitrogen and oxygen atoms in total. The van der Waals surface area contributed by atoms with Crippen molar-refractivity contribution in [2.75, 3.05) is 27.2 Å². The summed E-state index contributed by atoms with van der Waals surface area (Å²) >= 11 is 0. The topological polar surface area (TPSA) is 41.6 Å². The van der Waals surface area contributed by atoms with Crippen molar-refractivity contribution in [2.24, 2.45) is 0 Å². The minimum Gasteiger partial charge on any atom is -0.462 e. The van der Waals surface area contributed by atoms with E-state index < -0.39 is 0 Å². The van der Waals surface area contributed by atoms with Crippen molar-refractivity contribution >= 4 is 5.97 Å². The van der Waals surface area contributed by atoms with E-state index in [4.69, 9.17) is 4.74 Å². The largest absolute Gasteiger partial charge is 0.462 e. The molecule has 0 spiro atoms. The number of likely N-dealkylation sites (tertiary alicyclic amines) is 1. The molecule has 1 N–H and O–H groups in total. The van der Waals surface area contributed by atoms with E-state index in [-0.39, 0.29) is 17.6 Å². The number of carbonyl (C=O) groups is 1. The molecule has 0 aromatic carbocycles. The molecule has 4 heteroatoms. The Bertz CT molecular complexity index is 293. The summed E-state index contributed by atoms with van der Waals surface area (Å²) in [5.74, 6) is -0.00852. The lowest BCUT2D eigenvalue weighted by molar-refractivity contribution is -0.153. The molecule has 0 atom stereocenters. The smallest absolute Gasteiger partial charge is 0.307 e. The van der Waals surface area contributed by atoms with Gasteiger partial charge in [0.1, 0.15) is 6.10 Å². The highest BCUT2D eigenvalue weighted by Gasteiger charge is 2.34. The minimum atomic E-state index is -0.00852. The molecule has 19 heavy (non-hydrogen) atoms. The third kappa shape index (κ3) is 4.18. The van der Waals surface area contributed by atoms with Crippen LogP contribution in [0.4, 0.5) is 0 Å². The first-order valence-electron chi connectivity index (χ1n) is 7.70. The van der Waals surface area contributed by atoms with Crippen LogP contribution in [0.25, 0.3) is 0 Å². The van der Waals surface area contributed by atoms with Crippen LogP contribution in [-0.4, -0.2) is 49.7 Å². The molecule has 0 unspecified atom stereocenters. The Morgan fingerprint density at radius 2 is 1.89 bits per heavy atom. The molecule has 2 rings (SSSR count). The summed E-state index contributed by atoms with van der Waals surface area (Å²) in [7, 11) is 4.10. The summed E-state index contributed by atoms with van der Waals surface area (Å²) in [4.78, 5) is 14.4. The number of esters is 1. The van der Waals surface area contributed by atoms with Gasteiger partial charge >= 0.3 is 5.97 Å². The molecule has 0 bridgehead atoms. The van der Waals surface area contributed by atoms with Crippen molar-refractivity contribution in [3.05, 3.63) is 0 Å². The molecule has 0 aromatic heterocycles. The van der Waals surface area contributed by atoms with Crippen LogP contribution >= 0.6 is 0 Å². The van der Waals surface area contributed by atoms with E-state index in [9.17, 15) is 4.79 Å². The normalized spacial score (nSPS) is 25.2. The van der Waals surface area contributed by atoms with Gasteiger partial charge in [0, 0.05) is 18.6 Å². The SMILES string of the molecule is CNC1(CC(=O)OC2CCN(C)CC2)CCCCC1. The molecular formula is C15H28N2O2. The predicted octanol–water partition coefficient (Wildman–Crippen LogP) is 1.94. The summed E-state index contributed by atoms with van der Waals surface area (Å²) in [6, 6.07) is 0. The standard InChI is InChI=1S/C15H28N2O2/c1-16-15(8-4-3-5-9-15)12-14(18)19-13-6-10-17(2)11-7-13/h13,16H,3-12H2,1-2H3. The number of nitrogens with one attached hydrogen (secondary N) is 1. The zero-order valence-electron chi connectivity index (χ0n) is 12.4. The van der Waals surface area contributed by atoms with Gasteiger partial charge in [0.25, 0.3) is 0 Å². The molecule has 2 aliphatic rings. The number of piperidine rings is 1. The lowest BCUT2D eigenvalue weighted by Crippen LogP contribution is -2.47. The monoisotopic (exact) mass is 268 g/mol. The fourth-order valence-corrected chi connectivity index (χ4v) is 3.35. The maximum Gasteiger partial charge on any atom is 0.307 e. The number of nitrogens with zero attached hydrogens (tertiary/aromatic N) is 1. The Kier molecular flexibility index (Phi) is 5.22. The van der Waals surface area contributed by atoms with Gasteiger partial charge in [0.2, 0.25) is 0 Å². The second-order valence-corrected chi connectivity index (χ2v) is 6.26. The maximum atomic E-state index is 12.1. The first-order chi connectivity index (χ1) is 9.13. The van der Waals surface area contributed by atoms with Gasteiger partial charge in [-0.15, -0.1) is 0 Å². The summed E-state index contributed by atoms with van der Waals surface area (Å²) in [5.41, 5.74) is 0.000786. The molecule has 0 radical (unpaired) electrons. The summed E-state index contributed by atoms with van der Waals surface area (Å²) < 4.78 is 5.66. The van der Waals surface area contributed by atoms with Crippen LogP contribution < -0.4 is 5.32 Å². The van der Waals surface area contributed by atoms with Gasteiger partial charge in [-0.3, -0.25) is 4.79 Å². The number of ether oxygens (including phenoxy) is 1. The van der Waals surface area contributed by atoms with E-state index in [0.29, 0.717) is 6.42 Å². The Hall–Kier alpha value is -0.610. The summed E-state index contributed by atoms with van der Waals surface area (Å²) in [6.07, 6.45) is 8.59. The van der Waals surface area contributed by atoms with Gasteiger partial charge in [-0.05, 0) is 39.8 Å². The van der Waals surface area contributed by atoms with Crippen molar-refractivity contribution in [1.82, 2.24) is 10.2 Å². The van der Waals surface area contributed by atoms with Crippen LogP contribution in [0, 0.1) is 0 Å². The highest BCUT2D eigenvalue weighted by molar-refractivity contribution is 5.71. The first-order valence-corrected chi connectivity index (χ1v) is 7.70. The second kappa shape index (κ2) is 6.71. The fourth-order valence-electron chi connectivity index (χ4n) is 3.35. The fraction of sp³-hybridized carbons (Fsp3) is 0.933. The Labute approximate surface area is 116 Å². The molecule has 0 aromatic rings. The predicted molar refractivity (Wildman–Crippen MR) is 76.1 cm³/mol. The lowest BCUT2D eigenvalue weighted by Gasteiger charge is -2.37. The van der Waals surface area contributed by atoms with Crippen LogP contribution in [0.15, 0.2) is 0 Å². The van der Waals surface area contributed by atoms with Crippen molar-refractivity contribution in [3.63, 3.8) is 0 Å². The van der Waals surface area contributed by atoms with E-state index in [2.05, 4.69) is 17.3 Å². The molecule has 1 saturated heterocycles. The van der Waals surface area contributed by atoms with E-state index in [1.165, 1.54) is 19.3 Å². The molecule has 1 heterocycles. The van der Waals surface area contributed by atoms with Gasteiger partial charge in [-0.2, -0.15) is 0 Å². The van der Waals surface area contributed by atoms with Crippen molar-refractivity contribution in [1.29, 1.82) is 0 Å². The van der Waals surface area contributed by atoms with Gasteiger partial charge in [0.15, 0.2) is 0 Å². The molecule has 1 aliphatic carbocycles. The second-order valence-electron chi connectivity index (χ2n) is 6.26. The molecule has 1 aliphatic heterocycles. The Balaban J connectivity index is 1.79. The van der Waals surface area contributed by atoms with Crippen LogP contribution in [0.2, 0.25) is 0 Å². The average molecular weight is 268 g/mol. The van der Waals surface area contributed by atoms with Crippen LogP contribution in [-0.2, 0) is 9.53 Å². The quantitative estimate of drug-likeness (QED) is 0.791. The third-order valence-electron chi connectivity index (χ3n) is 4.79. The van der Waals surface area contributed by atoms with Crippen molar-refractivity contribution < 1.29 is 9.53 Å². The molecular weight excluding hydrogens is 240 g/mol. The average Bonchev–Trinajstić information content (AvgIpc) is 2.42. The third-order valence-corrected chi connectivity index (χ3v) is 4.79. The summed E-state index contributed by atoms with van der Waals surface area (Å²) in [5, 5.41) is 3.38. The van der Waals surface area contributed by atoms with Gasteiger partial charge in [0.05, 0.1) is 6.42 Å². The van der Waals surface area contributed by atoms with Gasteiger partial charge in [-0.1, -0.05) is 19.3 Å². The molecule has 1 saturated carbocycles. The van der Waals surface area contributed by atoms with Crippen molar-refractivity contribution in [2.45, 2.75) is 63.0 Å². The number of hydrogen-bond acceptors (Lipinski definition) is 4. The zero-order chi connectivity index (χ0) is 13.7. The highest BCUT2D eigenvalue weighted by atomic mass is 16.5.